The molecule has 0 aliphatic carbocycles. The molecule has 1 N–H and O–H groups in total. The van der Waals surface area contributed by atoms with E-state index in [2.05, 4.69) is 15.3 Å². The molecular formula is C14H16N4O4S. The lowest BCUT2D eigenvalue weighted by atomic mass is 10.3. The number of nitrogens with one attached hydrogen (secondary N) is 1. The number of carbonyl (C=O) groups is 2. The van der Waals surface area contributed by atoms with E-state index in [1.807, 2.05) is 13.0 Å². The fourth-order valence-electron chi connectivity index (χ4n) is 1.73. The van der Waals surface area contributed by atoms with E-state index in [4.69, 9.17) is 4.74 Å². The van der Waals surface area contributed by atoms with Gasteiger partial charge in [-0.25, -0.2) is 9.78 Å². The molecule has 2 aromatic heterocycles. The van der Waals surface area contributed by atoms with Gasteiger partial charge < -0.3 is 10.1 Å². The summed E-state index contributed by atoms with van der Waals surface area (Å²) in [6.07, 6.45) is 1.65. The standard InChI is InChI=1S/C14H16N4O4S/c1-3-22-12(20)6-15-11(19)8-23-13-16-10-5-4-9(2)7-18(10)14(21)17-13/h4-5,7H,3,6,8H2,1-2H3,(H,15,19). The molecule has 2 aromatic rings. The number of thioether (sulfide) groups is 1. The van der Waals surface area contributed by atoms with Gasteiger partial charge in [0.1, 0.15) is 12.2 Å². The predicted molar refractivity (Wildman–Crippen MR) is 84.4 cm³/mol. The second-order valence-corrected chi connectivity index (χ2v) is 5.54. The Morgan fingerprint density at radius 3 is 2.87 bits per heavy atom. The zero-order valence-corrected chi connectivity index (χ0v) is 13.6. The fourth-order valence-corrected chi connectivity index (χ4v) is 2.39. The van der Waals surface area contributed by atoms with Crippen molar-refractivity contribution in [3.63, 3.8) is 0 Å². The number of ether oxygens (including phenoxy) is 1. The van der Waals surface area contributed by atoms with E-state index >= 15 is 0 Å². The highest BCUT2D eigenvalue weighted by Gasteiger charge is 2.09. The molecule has 9 heteroatoms. The zero-order valence-electron chi connectivity index (χ0n) is 12.7. The molecule has 0 atom stereocenters. The second-order valence-electron chi connectivity index (χ2n) is 4.59. The summed E-state index contributed by atoms with van der Waals surface area (Å²) in [4.78, 5) is 42.7. The van der Waals surface area contributed by atoms with E-state index in [-0.39, 0.29) is 30.0 Å². The van der Waals surface area contributed by atoms with Crippen molar-refractivity contribution in [2.45, 2.75) is 19.0 Å². The molecule has 0 bridgehead atoms. The first-order valence-electron chi connectivity index (χ1n) is 6.91. The Labute approximate surface area is 136 Å². The van der Waals surface area contributed by atoms with Crippen molar-refractivity contribution in [3.05, 3.63) is 34.4 Å². The molecule has 0 saturated carbocycles. The highest BCUT2D eigenvalue weighted by Crippen LogP contribution is 2.11. The van der Waals surface area contributed by atoms with Crippen molar-refractivity contribution in [2.75, 3.05) is 18.9 Å². The van der Waals surface area contributed by atoms with Crippen LogP contribution in [0.4, 0.5) is 0 Å². The van der Waals surface area contributed by atoms with E-state index in [9.17, 15) is 14.4 Å². The third-order valence-corrected chi connectivity index (χ3v) is 3.60. The average molecular weight is 336 g/mol. The van der Waals surface area contributed by atoms with Crippen LogP contribution in [0.25, 0.3) is 5.65 Å². The first-order valence-corrected chi connectivity index (χ1v) is 7.90. The molecule has 1 amide bonds. The van der Waals surface area contributed by atoms with Crippen LogP contribution < -0.4 is 11.0 Å². The van der Waals surface area contributed by atoms with Crippen molar-refractivity contribution in [1.29, 1.82) is 0 Å². The smallest absolute Gasteiger partial charge is 0.355 e. The van der Waals surface area contributed by atoms with Crippen molar-refractivity contribution >= 4 is 29.3 Å². The van der Waals surface area contributed by atoms with Crippen LogP contribution in [0.2, 0.25) is 0 Å². The molecule has 23 heavy (non-hydrogen) atoms. The quantitative estimate of drug-likeness (QED) is 0.592. The van der Waals surface area contributed by atoms with Gasteiger partial charge in [0.15, 0.2) is 5.16 Å². The number of aryl methyl sites for hydroxylation is 1. The van der Waals surface area contributed by atoms with Crippen molar-refractivity contribution in [3.8, 4) is 0 Å². The number of hydrogen-bond donors (Lipinski definition) is 1. The van der Waals surface area contributed by atoms with Gasteiger partial charge in [-0.3, -0.25) is 14.0 Å². The molecule has 2 rings (SSSR count). The van der Waals surface area contributed by atoms with Gasteiger partial charge in [-0.2, -0.15) is 4.98 Å². The van der Waals surface area contributed by atoms with Crippen LogP contribution in [0, 0.1) is 6.92 Å². The molecule has 0 fully saturated rings. The highest BCUT2D eigenvalue weighted by atomic mass is 32.2. The monoisotopic (exact) mass is 336 g/mol. The molecule has 0 saturated heterocycles. The van der Waals surface area contributed by atoms with Crippen molar-refractivity contribution in [2.24, 2.45) is 0 Å². The van der Waals surface area contributed by atoms with Gasteiger partial charge in [0.25, 0.3) is 0 Å². The molecule has 2 heterocycles. The van der Waals surface area contributed by atoms with Gasteiger partial charge in [0.2, 0.25) is 5.91 Å². The Morgan fingerprint density at radius 1 is 1.35 bits per heavy atom. The Kier molecular flexibility index (Phi) is 5.69. The number of esters is 1. The number of hydrogen-bond acceptors (Lipinski definition) is 7. The first-order chi connectivity index (χ1) is 11.0. The summed E-state index contributed by atoms with van der Waals surface area (Å²) in [6.45, 7) is 3.63. The number of aromatic nitrogens is 3. The highest BCUT2D eigenvalue weighted by molar-refractivity contribution is 7.99. The summed E-state index contributed by atoms with van der Waals surface area (Å²) in [6, 6.07) is 3.55. The minimum absolute atomic E-state index is 0.000873. The van der Waals surface area contributed by atoms with Gasteiger partial charge >= 0.3 is 11.7 Å². The number of pyridine rings is 1. The van der Waals surface area contributed by atoms with Gasteiger partial charge in [0.05, 0.1) is 12.4 Å². The van der Waals surface area contributed by atoms with Crippen molar-refractivity contribution < 1.29 is 14.3 Å². The van der Waals surface area contributed by atoms with E-state index in [1.165, 1.54) is 4.40 Å². The number of carbonyl (C=O) groups excluding carboxylic acids is 2. The largest absolute Gasteiger partial charge is 0.465 e. The number of nitrogens with zero attached hydrogens (tertiary/aromatic N) is 3. The molecule has 8 nitrogen and oxygen atoms in total. The maximum absolute atomic E-state index is 11.9. The van der Waals surface area contributed by atoms with E-state index in [0.29, 0.717) is 5.65 Å². The second kappa shape index (κ2) is 7.73. The van der Waals surface area contributed by atoms with E-state index in [0.717, 1.165) is 17.3 Å². The fraction of sp³-hybridized carbons (Fsp3) is 0.357. The van der Waals surface area contributed by atoms with Crippen LogP contribution in [0.15, 0.2) is 28.3 Å². The lowest BCUT2D eigenvalue weighted by Gasteiger charge is -2.05. The summed E-state index contributed by atoms with van der Waals surface area (Å²) < 4.78 is 6.05. The van der Waals surface area contributed by atoms with Gasteiger partial charge in [-0.1, -0.05) is 17.8 Å². The molecule has 0 aliphatic heterocycles. The topological polar surface area (TPSA) is 103 Å². The summed E-state index contributed by atoms with van der Waals surface area (Å²) in [5.74, 6) is -0.863. The molecule has 0 aromatic carbocycles. The lowest BCUT2D eigenvalue weighted by Crippen LogP contribution is -2.32. The van der Waals surface area contributed by atoms with Gasteiger partial charge in [0, 0.05) is 6.20 Å². The molecule has 122 valence electrons. The summed E-state index contributed by atoms with van der Waals surface area (Å²) in [5.41, 5.74) is 0.931. The van der Waals surface area contributed by atoms with E-state index in [1.54, 1.807) is 19.2 Å². The zero-order chi connectivity index (χ0) is 16.8. The van der Waals surface area contributed by atoms with Crippen LogP contribution in [-0.2, 0) is 14.3 Å². The SMILES string of the molecule is CCOC(=O)CNC(=O)CSc1nc(=O)n2cc(C)ccc2n1. The molecular weight excluding hydrogens is 320 g/mol. The number of fused-ring (bicyclic) bond motifs is 1. The molecule has 0 aliphatic rings. The minimum atomic E-state index is -0.499. The molecule has 0 unspecified atom stereocenters. The Balaban J connectivity index is 1.97. The third-order valence-electron chi connectivity index (χ3n) is 2.75. The maximum atomic E-state index is 11.9. The Morgan fingerprint density at radius 2 is 2.13 bits per heavy atom. The minimum Gasteiger partial charge on any atom is -0.465 e. The van der Waals surface area contributed by atoms with Crippen LogP contribution in [0.3, 0.4) is 0 Å². The van der Waals surface area contributed by atoms with Crippen LogP contribution in [0.1, 0.15) is 12.5 Å². The Hall–Kier alpha value is -2.42. The third kappa shape index (κ3) is 4.78. The van der Waals surface area contributed by atoms with Crippen LogP contribution >= 0.6 is 11.8 Å². The molecule has 0 radical (unpaired) electrons. The van der Waals surface area contributed by atoms with Crippen LogP contribution in [-0.4, -0.2) is 45.1 Å². The van der Waals surface area contributed by atoms with Crippen LogP contribution in [0.5, 0.6) is 0 Å². The molecule has 0 spiro atoms. The predicted octanol–water partition coefficient (Wildman–Crippen LogP) is 0.169. The van der Waals surface area contributed by atoms with E-state index < -0.39 is 11.7 Å². The first kappa shape index (κ1) is 16.9. The normalized spacial score (nSPS) is 10.5. The maximum Gasteiger partial charge on any atom is 0.355 e. The number of amides is 1. The summed E-state index contributed by atoms with van der Waals surface area (Å²) >= 11 is 1.03. The van der Waals surface area contributed by atoms with Gasteiger partial charge in [-0.05, 0) is 25.5 Å². The summed E-state index contributed by atoms with van der Waals surface area (Å²) in [7, 11) is 0. The Bertz CT molecular complexity index is 790. The van der Waals surface area contributed by atoms with Gasteiger partial charge in [-0.15, -0.1) is 0 Å². The lowest BCUT2D eigenvalue weighted by molar-refractivity contribution is -0.143. The van der Waals surface area contributed by atoms with Crippen molar-refractivity contribution in [1.82, 2.24) is 19.7 Å². The summed E-state index contributed by atoms with van der Waals surface area (Å²) in [5, 5.41) is 2.64. The number of rotatable bonds is 6. The average Bonchev–Trinajstić information content (AvgIpc) is 2.52.